The van der Waals surface area contributed by atoms with E-state index in [1.807, 2.05) is 11.0 Å². The van der Waals surface area contributed by atoms with Crippen molar-refractivity contribution in [2.75, 3.05) is 13.1 Å². The highest BCUT2D eigenvalue weighted by molar-refractivity contribution is 6.29. The highest BCUT2D eigenvalue weighted by atomic mass is 35.5. The summed E-state index contributed by atoms with van der Waals surface area (Å²) in [6.07, 6.45) is 0.628. The Labute approximate surface area is 122 Å². The number of halogens is 1. The second kappa shape index (κ2) is 5.55. The smallest absolute Gasteiger partial charge is 0.129 e. The maximum Gasteiger partial charge on any atom is 0.129 e. The number of nitrogens with zero attached hydrogens (tertiary/aromatic N) is 3. The molecule has 4 N–H and O–H groups in total. The number of aromatic nitrogens is 1. The molecule has 0 radical (unpaired) electrons. The fourth-order valence-electron chi connectivity index (χ4n) is 3.12. The van der Waals surface area contributed by atoms with Gasteiger partial charge in [-0.25, -0.2) is 4.98 Å². The molecule has 2 fully saturated rings. The van der Waals surface area contributed by atoms with E-state index < -0.39 is 12.3 Å². The molecule has 110 valence electrons. The lowest BCUT2D eigenvalue weighted by Gasteiger charge is -2.43. The number of aliphatic hydroxyl groups excluding tert-OH is 2. The molecule has 1 aromatic rings. The monoisotopic (exact) mass is 298 g/mol. The van der Waals surface area contributed by atoms with Crippen LogP contribution in [0.3, 0.4) is 0 Å². The van der Waals surface area contributed by atoms with Crippen LogP contribution in [-0.4, -0.2) is 62.6 Å². The molecule has 0 spiro atoms. The molecule has 2 saturated heterocycles. The molecule has 0 aromatic carbocycles. The van der Waals surface area contributed by atoms with Gasteiger partial charge in [0.05, 0.1) is 18.3 Å². The first kappa shape index (κ1) is 14.2. The van der Waals surface area contributed by atoms with Crippen LogP contribution in [0.15, 0.2) is 18.3 Å². The van der Waals surface area contributed by atoms with Gasteiger partial charge in [-0.3, -0.25) is 9.80 Å². The van der Waals surface area contributed by atoms with Crippen LogP contribution in [0.4, 0.5) is 0 Å². The summed E-state index contributed by atoms with van der Waals surface area (Å²) in [4.78, 5) is 8.20. The quantitative estimate of drug-likeness (QED) is 0.644. The fraction of sp³-hybridized carbons (Fsp3) is 0.615. The van der Waals surface area contributed by atoms with Gasteiger partial charge in [0, 0.05) is 32.3 Å². The van der Waals surface area contributed by atoms with Crippen LogP contribution in [0.1, 0.15) is 12.0 Å². The zero-order valence-electron chi connectivity index (χ0n) is 11.1. The Balaban J connectivity index is 1.75. The van der Waals surface area contributed by atoms with Gasteiger partial charge in [0.15, 0.2) is 0 Å². The summed E-state index contributed by atoms with van der Waals surface area (Å²) in [6.45, 7) is 2.25. The molecule has 3 heterocycles. The molecule has 4 unspecified atom stereocenters. The minimum absolute atomic E-state index is 0.135. The summed E-state index contributed by atoms with van der Waals surface area (Å²) in [7, 11) is 0. The van der Waals surface area contributed by atoms with Gasteiger partial charge >= 0.3 is 0 Å². The van der Waals surface area contributed by atoms with Crippen LogP contribution in [0, 0.1) is 0 Å². The Morgan fingerprint density at radius 1 is 1.35 bits per heavy atom. The lowest BCUT2D eigenvalue weighted by atomic mass is 9.98. The first-order valence-electron chi connectivity index (χ1n) is 6.78. The predicted octanol–water partition coefficient (Wildman–Crippen LogP) is -0.411. The third kappa shape index (κ3) is 2.55. The fourth-order valence-corrected chi connectivity index (χ4v) is 3.23. The van der Waals surface area contributed by atoms with Crippen LogP contribution in [0.5, 0.6) is 0 Å². The summed E-state index contributed by atoms with van der Waals surface area (Å²) in [5.74, 6) is 0. The van der Waals surface area contributed by atoms with Crippen LogP contribution in [0.25, 0.3) is 0 Å². The lowest BCUT2D eigenvalue weighted by molar-refractivity contribution is -0.115. The molecule has 2 aliphatic rings. The maximum atomic E-state index is 10.0. The van der Waals surface area contributed by atoms with Crippen molar-refractivity contribution >= 4 is 11.6 Å². The van der Waals surface area contributed by atoms with Gasteiger partial charge in [-0.2, -0.15) is 0 Å². The molecule has 7 heteroatoms. The van der Waals surface area contributed by atoms with Gasteiger partial charge in [-0.1, -0.05) is 17.7 Å². The van der Waals surface area contributed by atoms with Gasteiger partial charge < -0.3 is 15.9 Å². The van der Waals surface area contributed by atoms with Crippen molar-refractivity contribution in [2.45, 2.75) is 37.5 Å². The van der Waals surface area contributed by atoms with Crippen molar-refractivity contribution in [1.29, 1.82) is 0 Å². The molecule has 1 aromatic heterocycles. The lowest BCUT2D eigenvalue weighted by Crippen LogP contribution is -2.63. The minimum Gasteiger partial charge on any atom is -0.391 e. The molecule has 0 amide bonds. The largest absolute Gasteiger partial charge is 0.391 e. The van der Waals surface area contributed by atoms with E-state index in [4.69, 9.17) is 17.3 Å². The van der Waals surface area contributed by atoms with Crippen molar-refractivity contribution in [2.24, 2.45) is 5.73 Å². The topological polar surface area (TPSA) is 85.8 Å². The van der Waals surface area contributed by atoms with E-state index in [1.54, 1.807) is 12.3 Å². The number of fused-ring (bicyclic) bond motifs is 1. The van der Waals surface area contributed by atoms with E-state index in [1.165, 1.54) is 0 Å². The Bertz CT molecular complexity index is 472. The zero-order valence-corrected chi connectivity index (χ0v) is 11.8. The molecular formula is C13H19ClN4O2. The first-order chi connectivity index (χ1) is 9.56. The molecule has 20 heavy (non-hydrogen) atoms. The second-order valence-corrected chi connectivity index (χ2v) is 5.86. The van der Waals surface area contributed by atoms with Gasteiger partial charge in [0.1, 0.15) is 11.4 Å². The molecule has 0 saturated carbocycles. The van der Waals surface area contributed by atoms with E-state index in [9.17, 15) is 10.2 Å². The number of rotatable bonds is 2. The SMILES string of the molecule is NC1C(O)CC(O)N2CCN(Cc3ccc(Cl)nc3)C12. The number of nitrogens with two attached hydrogens (primary N) is 1. The third-order valence-corrected chi connectivity index (χ3v) is 4.38. The van der Waals surface area contributed by atoms with Crippen LogP contribution in [0.2, 0.25) is 5.15 Å². The van der Waals surface area contributed by atoms with E-state index in [0.29, 0.717) is 18.1 Å². The first-order valence-corrected chi connectivity index (χ1v) is 7.16. The van der Waals surface area contributed by atoms with E-state index in [2.05, 4.69) is 9.88 Å². The molecule has 0 bridgehead atoms. The standard InChI is InChI=1S/C13H19ClN4O2/c14-10-2-1-8(6-16-10)7-17-3-4-18-11(20)5-9(19)12(15)13(17)18/h1-2,6,9,11-13,19-20H,3-5,7,15H2. The predicted molar refractivity (Wildman–Crippen MR) is 74.8 cm³/mol. The third-order valence-electron chi connectivity index (χ3n) is 4.16. The summed E-state index contributed by atoms with van der Waals surface area (Å²) in [5, 5.41) is 20.5. The van der Waals surface area contributed by atoms with E-state index >= 15 is 0 Å². The number of aliphatic hydroxyl groups is 2. The zero-order chi connectivity index (χ0) is 14.3. The van der Waals surface area contributed by atoms with Gasteiger partial charge in [0.2, 0.25) is 0 Å². The highest BCUT2D eigenvalue weighted by Crippen LogP contribution is 2.29. The van der Waals surface area contributed by atoms with Crippen LogP contribution >= 0.6 is 11.6 Å². The minimum atomic E-state index is -0.671. The second-order valence-electron chi connectivity index (χ2n) is 5.47. The summed E-state index contributed by atoms with van der Waals surface area (Å²) < 4.78 is 0. The van der Waals surface area contributed by atoms with Crippen LogP contribution in [-0.2, 0) is 6.54 Å². The molecule has 3 rings (SSSR count). The Hall–Kier alpha value is -0.760. The van der Waals surface area contributed by atoms with Crippen molar-refractivity contribution < 1.29 is 10.2 Å². The number of hydrogen-bond donors (Lipinski definition) is 3. The molecular weight excluding hydrogens is 280 g/mol. The van der Waals surface area contributed by atoms with Gasteiger partial charge in [-0.15, -0.1) is 0 Å². The average Bonchev–Trinajstić information content (AvgIpc) is 2.83. The van der Waals surface area contributed by atoms with E-state index in [-0.39, 0.29) is 12.2 Å². The number of hydrogen-bond acceptors (Lipinski definition) is 6. The average molecular weight is 299 g/mol. The van der Waals surface area contributed by atoms with Gasteiger partial charge in [-0.05, 0) is 11.6 Å². The summed E-state index contributed by atoms with van der Waals surface area (Å²) in [5.41, 5.74) is 7.15. The van der Waals surface area contributed by atoms with Crippen molar-refractivity contribution in [3.05, 3.63) is 29.0 Å². The van der Waals surface area contributed by atoms with Crippen LogP contribution < -0.4 is 5.73 Å². The van der Waals surface area contributed by atoms with Crippen molar-refractivity contribution in [3.63, 3.8) is 0 Å². The molecule has 2 aliphatic heterocycles. The van der Waals surface area contributed by atoms with E-state index in [0.717, 1.165) is 18.7 Å². The summed E-state index contributed by atoms with van der Waals surface area (Å²) in [6, 6.07) is 3.31. The molecule has 6 nitrogen and oxygen atoms in total. The Morgan fingerprint density at radius 2 is 2.15 bits per heavy atom. The summed E-state index contributed by atoms with van der Waals surface area (Å²) >= 11 is 5.78. The highest BCUT2D eigenvalue weighted by Gasteiger charge is 2.46. The van der Waals surface area contributed by atoms with Gasteiger partial charge in [0.25, 0.3) is 0 Å². The van der Waals surface area contributed by atoms with Crippen molar-refractivity contribution in [1.82, 2.24) is 14.8 Å². The Kier molecular flexibility index (Phi) is 3.94. The Morgan fingerprint density at radius 3 is 2.85 bits per heavy atom. The normalized spacial score (nSPS) is 35.2. The van der Waals surface area contributed by atoms with Crippen molar-refractivity contribution in [3.8, 4) is 0 Å². The number of piperidine rings is 1. The number of pyridine rings is 1. The molecule has 0 aliphatic carbocycles. The molecule has 4 atom stereocenters. The maximum absolute atomic E-state index is 10.0.